The van der Waals surface area contributed by atoms with Gasteiger partial charge in [-0.25, -0.2) is 18.1 Å². The number of hydrogen-bond acceptors (Lipinski definition) is 6. The van der Waals surface area contributed by atoms with Gasteiger partial charge in [0.2, 0.25) is 5.91 Å². The normalized spacial score (nSPS) is 18.2. The maximum Gasteiger partial charge on any atom is 0.264 e. The van der Waals surface area contributed by atoms with Crippen LogP contribution in [0.1, 0.15) is 13.3 Å². The fraction of sp³-hybridized carbons (Fsp3) is 0.368. The molecule has 1 saturated heterocycles. The summed E-state index contributed by atoms with van der Waals surface area (Å²) in [6.07, 6.45) is 3.21. The lowest BCUT2D eigenvalue weighted by Crippen LogP contribution is -2.43. The Bertz CT molecular complexity index is 1220. The zero-order chi connectivity index (χ0) is 20.6. The van der Waals surface area contributed by atoms with Crippen LogP contribution < -0.4 is 5.56 Å². The van der Waals surface area contributed by atoms with Gasteiger partial charge in [0.15, 0.2) is 15.5 Å². The van der Waals surface area contributed by atoms with Gasteiger partial charge in [-0.2, -0.15) is 5.10 Å². The first-order chi connectivity index (χ1) is 13.9. The van der Waals surface area contributed by atoms with Gasteiger partial charge >= 0.3 is 0 Å². The van der Waals surface area contributed by atoms with Crippen molar-refractivity contribution in [2.45, 2.75) is 25.9 Å². The van der Waals surface area contributed by atoms with E-state index in [1.165, 1.54) is 22.0 Å². The van der Waals surface area contributed by atoms with Gasteiger partial charge in [-0.1, -0.05) is 18.2 Å². The molecule has 3 heterocycles. The van der Waals surface area contributed by atoms with E-state index in [0.29, 0.717) is 24.0 Å². The summed E-state index contributed by atoms with van der Waals surface area (Å²) in [4.78, 5) is 31.5. The first kappa shape index (κ1) is 19.3. The minimum Gasteiger partial charge on any atom is -0.337 e. The van der Waals surface area contributed by atoms with E-state index in [9.17, 15) is 18.0 Å². The fourth-order valence-corrected chi connectivity index (χ4v) is 5.45. The number of carbonyl (C=O) groups excluding carboxylic acids is 1. The van der Waals surface area contributed by atoms with Gasteiger partial charge in [-0.15, -0.1) is 0 Å². The predicted octanol–water partition coefficient (Wildman–Crippen LogP) is 0.618. The third-order valence-electron chi connectivity index (χ3n) is 5.17. The molecule has 0 radical (unpaired) electrons. The molecule has 4 rings (SSSR count). The van der Waals surface area contributed by atoms with Crippen molar-refractivity contribution in [1.29, 1.82) is 0 Å². The first-order valence-corrected chi connectivity index (χ1v) is 11.2. The lowest BCUT2D eigenvalue weighted by molar-refractivity contribution is -0.133. The third-order valence-corrected chi connectivity index (χ3v) is 6.92. The monoisotopic (exact) mass is 415 g/mol. The molecule has 1 amide bonds. The van der Waals surface area contributed by atoms with Crippen LogP contribution in [0.5, 0.6) is 0 Å². The molecule has 1 fully saturated rings. The van der Waals surface area contributed by atoms with E-state index < -0.39 is 9.84 Å². The quantitative estimate of drug-likeness (QED) is 0.605. The van der Waals surface area contributed by atoms with Crippen LogP contribution in [0.15, 0.2) is 47.7 Å². The Morgan fingerprint density at radius 1 is 1.28 bits per heavy atom. The Hall–Kier alpha value is -3.01. The van der Waals surface area contributed by atoms with E-state index in [1.54, 1.807) is 11.6 Å². The molecular weight excluding hydrogens is 394 g/mol. The first-order valence-electron chi connectivity index (χ1n) is 9.38. The van der Waals surface area contributed by atoms with Crippen molar-refractivity contribution in [2.24, 2.45) is 0 Å². The number of fused-ring (bicyclic) bond motifs is 1. The average Bonchev–Trinajstić information content (AvgIpc) is 3.29. The molecular formula is C19H21N5O4S. The summed E-state index contributed by atoms with van der Waals surface area (Å²) in [6, 6.07) is 8.99. The maximum absolute atomic E-state index is 12.8. The number of para-hydroxylation sites is 1. The molecule has 0 saturated carbocycles. The van der Waals surface area contributed by atoms with Crippen LogP contribution in [0.2, 0.25) is 0 Å². The Morgan fingerprint density at radius 2 is 2.03 bits per heavy atom. The molecule has 1 atom stereocenters. The lowest BCUT2D eigenvalue weighted by atomic mass is 10.2. The number of hydrogen-bond donors (Lipinski definition) is 0. The van der Waals surface area contributed by atoms with Gasteiger partial charge in [0.25, 0.3) is 5.56 Å². The van der Waals surface area contributed by atoms with Crippen LogP contribution >= 0.6 is 0 Å². The highest BCUT2D eigenvalue weighted by Crippen LogP contribution is 2.18. The fourth-order valence-electron chi connectivity index (χ4n) is 3.72. The number of likely N-dealkylation sites (N-methyl/N-ethyl adjacent to an activating group) is 1. The molecule has 29 heavy (non-hydrogen) atoms. The Labute approximate surface area is 167 Å². The van der Waals surface area contributed by atoms with Crippen LogP contribution in [-0.2, 0) is 21.2 Å². The number of aromatic nitrogens is 4. The van der Waals surface area contributed by atoms with E-state index in [1.807, 2.05) is 30.3 Å². The number of carbonyl (C=O) groups is 1. The summed E-state index contributed by atoms with van der Waals surface area (Å²) in [6.45, 7) is 2.00. The molecule has 10 heteroatoms. The molecule has 0 spiro atoms. The van der Waals surface area contributed by atoms with Crippen molar-refractivity contribution >= 4 is 26.8 Å². The van der Waals surface area contributed by atoms with Gasteiger partial charge < -0.3 is 4.90 Å². The zero-order valence-corrected chi connectivity index (χ0v) is 16.7. The van der Waals surface area contributed by atoms with Gasteiger partial charge in [0.1, 0.15) is 18.3 Å². The predicted molar refractivity (Wildman–Crippen MR) is 108 cm³/mol. The van der Waals surface area contributed by atoms with Crippen molar-refractivity contribution in [1.82, 2.24) is 24.2 Å². The molecule has 3 aromatic rings. The van der Waals surface area contributed by atoms with E-state index >= 15 is 0 Å². The van der Waals surface area contributed by atoms with E-state index in [2.05, 4.69) is 10.1 Å². The molecule has 1 aromatic carbocycles. The largest absolute Gasteiger partial charge is 0.337 e. The minimum atomic E-state index is -3.10. The summed E-state index contributed by atoms with van der Waals surface area (Å²) in [5, 5.41) is 4.57. The lowest BCUT2D eigenvalue weighted by Gasteiger charge is -2.27. The summed E-state index contributed by atoms with van der Waals surface area (Å²) >= 11 is 0. The van der Waals surface area contributed by atoms with E-state index in [0.717, 1.165) is 5.69 Å². The number of nitrogens with zero attached hydrogens (tertiary/aromatic N) is 5. The van der Waals surface area contributed by atoms with Crippen LogP contribution in [0, 0.1) is 0 Å². The average molecular weight is 415 g/mol. The summed E-state index contributed by atoms with van der Waals surface area (Å²) < 4.78 is 26.3. The number of rotatable bonds is 5. The zero-order valence-electron chi connectivity index (χ0n) is 15.9. The van der Waals surface area contributed by atoms with E-state index in [-0.39, 0.29) is 35.6 Å². The topological polar surface area (TPSA) is 107 Å². The Balaban J connectivity index is 1.61. The van der Waals surface area contributed by atoms with Crippen LogP contribution in [0.4, 0.5) is 0 Å². The highest BCUT2D eigenvalue weighted by Gasteiger charge is 2.34. The molecule has 1 aliphatic heterocycles. The SMILES string of the molecule is CCN(C(=O)Cn1cnc2c(cnn2-c2ccccc2)c1=O)[C@@H]1CCS(=O)(=O)C1. The number of benzene rings is 1. The smallest absolute Gasteiger partial charge is 0.264 e. The third kappa shape index (κ3) is 3.67. The summed E-state index contributed by atoms with van der Waals surface area (Å²) in [5.41, 5.74) is 0.836. The molecule has 9 nitrogen and oxygen atoms in total. The number of sulfone groups is 1. The Morgan fingerprint density at radius 3 is 2.69 bits per heavy atom. The van der Waals surface area contributed by atoms with Gasteiger partial charge in [0.05, 0.1) is 23.4 Å². The van der Waals surface area contributed by atoms with E-state index in [4.69, 9.17) is 0 Å². The van der Waals surface area contributed by atoms with Crippen molar-refractivity contribution in [3.63, 3.8) is 0 Å². The second kappa shape index (κ2) is 7.43. The van der Waals surface area contributed by atoms with Crippen molar-refractivity contribution in [3.05, 3.63) is 53.2 Å². The molecule has 1 aliphatic rings. The van der Waals surface area contributed by atoms with Crippen LogP contribution in [0.25, 0.3) is 16.7 Å². The molecule has 0 N–H and O–H groups in total. The summed E-state index contributed by atoms with van der Waals surface area (Å²) in [7, 11) is -3.10. The second-order valence-electron chi connectivity index (χ2n) is 7.04. The minimum absolute atomic E-state index is 0.0252. The second-order valence-corrected chi connectivity index (χ2v) is 9.27. The van der Waals surface area contributed by atoms with Crippen molar-refractivity contribution in [3.8, 4) is 5.69 Å². The van der Waals surface area contributed by atoms with Crippen LogP contribution in [0.3, 0.4) is 0 Å². The van der Waals surface area contributed by atoms with Crippen molar-refractivity contribution < 1.29 is 13.2 Å². The molecule has 152 valence electrons. The van der Waals surface area contributed by atoms with Crippen molar-refractivity contribution in [2.75, 3.05) is 18.1 Å². The molecule has 0 unspecified atom stereocenters. The molecule has 0 bridgehead atoms. The van der Waals surface area contributed by atoms with Gasteiger partial charge in [0, 0.05) is 12.6 Å². The number of amides is 1. The highest BCUT2D eigenvalue weighted by molar-refractivity contribution is 7.91. The maximum atomic E-state index is 12.8. The standard InChI is InChI=1S/C19H21N5O4S/c1-2-23(15-8-9-29(27,28)12-15)17(25)11-22-13-20-18-16(19(22)26)10-21-24(18)14-6-4-3-5-7-14/h3-7,10,13,15H,2,8-9,11-12H2,1H3/t15-/m1/s1. The highest BCUT2D eigenvalue weighted by atomic mass is 32.2. The van der Waals surface area contributed by atoms with Crippen LogP contribution in [-0.4, -0.2) is 62.6 Å². The summed E-state index contributed by atoms with van der Waals surface area (Å²) in [5.74, 6) is -0.232. The molecule has 2 aromatic heterocycles. The molecule has 0 aliphatic carbocycles. The Kier molecular flexibility index (Phi) is 4.95. The van der Waals surface area contributed by atoms with Gasteiger partial charge in [-0.05, 0) is 25.5 Å². The van der Waals surface area contributed by atoms with Gasteiger partial charge in [-0.3, -0.25) is 14.2 Å².